The first-order valence-electron chi connectivity index (χ1n) is 10.8. The van der Waals surface area contributed by atoms with E-state index in [0.29, 0.717) is 18.5 Å². The van der Waals surface area contributed by atoms with Crippen LogP contribution in [0.2, 0.25) is 0 Å². The summed E-state index contributed by atoms with van der Waals surface area (Å²) in [6, 6.07) is 17.3. The maximum Gasteiger partial charge on any atom is 0.251 e. The van der Waals surface area contributed by atoms with Crippen LogP contribution >= 0.6 is 0 Å². The van der Waals surface area contributed by atoms with Gasteiger partial charge in [-0.05, 0) is 42.7 Å². The van der Waals surface area contributed by atoms with Gasteiger partial charge in [0.1, 0.15) is 0 Å². The molecule has 0 spiro atoms. The van der Waals surface area contributed by atoms with Gasteiger partial charge in [0, 0.05) is 49.9 Å². The van der Waals surface area contributed by atoms with E-state index in [4.69, 9.17) is 0 Å². The molecule has 0 aliphatic carbocycles. The van der Waals surface area contributed by atoms with Crippen LogP contribution in [0.4, 0.5) is 5.69 Å². The van der Waals surface area contributed by atoms with Gasteiger partial charge in [-0.15, -0.1) is 0 Å². The minimum Gasteiger partial charge on any atom is -0.350 e. The van der Waals surface area contributed by atoms with E-state index in [0.717, 1.165) is 38.2 Å². The monoisotopic (exact) mass is 420 g/mol. The molecule has 4 rings (SSSR count). The number of carbonyl (C=O) groups is 3. The van der Waals surface area contributed by atoms with Crippen molar-refractivity contribution >= 4 is 23.4 Å². The molecular formula is C24H28N4O3. The number of likely N-dealkylation sites (tertiary alicyclic amines) is 1. The van der Waals surface area contributed by atoms with Gasteiger partial charge in [-0.2, -0.15) is 0 Å². The third-order valence-electron chi connectivity index (χ3n) is 5.81. The van der Waals surface area contributed by atoms with Crippen LogP contribution < -0.4 is 15.5 Å². The number of benzene rings is 2. The summed E-state index contributed by atoms with van der Waals surface area (Å²) >= 11 is 0. The number of rotatable bonds is 7. The Hall–Kier alpha value is -3.19. The van der Waals surface area contributed by atoms with Gasteiger partial charge in [0.25, 0.3) is 5.91 Å². The molecule has 0 bridgehead atoms. The zero-order valence-corrected chi connectivity index (χ0v) is 17.5. The summed E-state index contributed by atoms with van der Waals surface area (Å²) in [5.41, 5.74) is 2.54. The zero-order valence-electron chi connectivity index (χ0n) is 17.5. The fourth-order valence-electron chi connectivity index (χ4n) is 4.19. The lowest BCUT2D eigenvalue weighted by Crippen LogP contribution is -2.43. The first kappa shape index (κ1) is 21.1. The second-order valence-electron chi connectivity index (χ2n) is 8.15. The average Bonchev–Trinajstić information content (AvgIpc) is 3.41. The number of anilines is 1. The SMILES string of the molecule is O=C(CNC(=O)c1ccc(N2CCCC2=O)cc1)N[C@H]1CCN(Cc2ccccc2)C1. The highest BCUT2D eigenvalue weighted by atomic mass is 16.2. The Kier molecular flexibility index (Phi) is 6.62. The van der Waals surface area contributed by atoms with E-state index in [-0.39, 0.29) is 30.3 Å². The van der Waals surface area contributed by atoms with E-state index in [9.17, 15) is 14.4 Å². The minimum absolute atomic E-state index is 0.0552. The number of nitrogens with one attached hydrogen (secondary N) is 2. The molecule has 2 saturated heterocycles. The molecule has 2 heterocycles. The largest absolute Gasteiger partial charge is 0.350 e. The summed E-state index contributed by atoms with van der Waals surface area (Å²) in [4.78, 5) is 40.5. The Labute approximate surface area is 182 Å². The molecule has 0 radical (unpaired) electrons. The normalized spacial score (nSPS) is 18.9. The van der Waals surface area contributed by atoms with Crippen molar-refractivity contribution < 1.29 is 14.4 Å². The summed E-state index contributed by atoms with van der Waals surface area (Å²) in [6.07, 6.45) is 2.34. The smallest absolute Gasteiger partial charge is 0.251 e. The molecule has 2 N–H and O–H groups in total. The Morgan fingerprint density at radius 3 is 2.48 bits per heavy atom. The van der Waals surface area contributed by atoms with E-state index in [1.54, 1.807) is 29.2 Å². The van der Waals surface area contributed by atoms with Gasteiger partial charge in [0.2, 0.25) is 11.8 Å². The zero-order chi connectivity index (χ0) is 21.6. The van der Waals surface area contributed by atoms with Crippen molar-refractivity contribution in [3.05, 3.63) is 65.7 Å². The summed E-state index contributed by atoms with van der Waals surface area (Å²) in [6.45, 7) is 3.29. The molecule has 31 heavy (non-hydrogen) atoms. The second-order valence-corrected chi connectivity index (χ2v) is 8.15. The molecule has 162 valence electrons. The van der Waals surface area contributed by atoms with Crippen molar-refractivity contribution in [2.45, 2.75) is 31.8 Å². The van der Waals surface area contributed by atoms with Gasteiger partial charge < -0.3 is 15.5 Å². The van der Waals surface area contributed by atoms with Gasteiger partial charge in [-0.3, -0.25) is 19.3 Å². The van der Waals surface area contributed by atoms with Crippen LogP contribution in [0.5, 0.6) is 0 Å². The van der Waals surface area contributed by atoms with Gasteiger partial charge in [-0.25, -0.2) is 0 Å². The molecule has 2 fully saturated rings. The molecule has 2 aliphatic heterocycles. The van der Waals surface area contributed by atoms with Crippen molar-refractivity contribution in [1.29, 1.82) is 0 Å². The van der Waals surface area contributed by atoms with Crippen LogP contribution in [0.25, 0.3) is 0 Å². The molecule has 2 aromatic rings. The summed E-state index contributed by atoms with van der Waals surface area (Å²) < 4.78 is 0. The molecule has 0 unspecified atom stereocenters. The van der Waals surface area contributed by atoms with Crippen LogP contribution in [0.1, 0.15) is 35.2 Å². The number of nitrogens with zero attached hydrogens (tertiary/aromatic N) is 2. The fourth-order valence-corrected chi connectivity index (χ4v) is 4.19. The Morgan fingerprint density at radius 2 is 1.77 bits per heavy atom. The number of hydrogen-bond acceptors (Lipinski definition) is 4. The molecule has 1 atom stereocenters. The lowest BCUT2D eigenvalue weighted by Gasteiger charge is -2.17. The lowest BCUT2D eigenvalue weighted by atomic mass is 10.2. The molecular weight excluding hydrogens is 392 g/mol. The molecule has 3 amide bonds. The highest BCUT2D eigenvalue weighted by Crippen LogP contribution is 2.21. The Morgan fingerprint density at radius 1 is 1.00 bits per heavy atom. The molecule has 7 heteroatoms. The highest BCUT2D eigenvalue weighted by Gasteiger charge is 2.24. The predicted molar refractivity (Wildman–Crippen MR) is 119 cm³/mol. The maximum atomic E-state index is 12.4. The molecule has 2 aliphatic rings. The molecule has 7 nitrogen and oxygen atoms in total. The highest BCUT2D eigenvalue weighted by molar-refractivity contribution is 5.98. The van der Waals surface area contributed by atoms with Crippen molar-refractivity contribution in [1.82, 2.24) is 15.5 Å². The third kappa shape index (κ3) is 5.49. The van der Waals surface area contributed by atoms with Crippen LogP contribution in [0.15, 0.2) is 54.6 Å². The van der Waals surface area contributed by atoms with Crippen LogP contribution in [0, 0.1) is 0 Å². The van der Waals surface area contributed by atoms with E-state index in [1.165, 1.54) is 5.56 Å². The Balaban J connectivity index is 1.20. The lowest BCUT2D eigenvalue weighted by molar-refractivity contribution is -0.120. The van der Waals surface area contributed by atoms with E-state index in [2.05, 4.69) is 27.7 Å². The summed E-state index contributed by atoms with van der Waals surface area (Å²) in [5, 5.41) is 5.69. The van der Waals surface area contributed by atoms with Gasteiger partial charge in [-0.1, -0.05) is 30.3 Å². The number of hydrogen-bond donors (Lipinski definition) is 2. The number of carbonyl (C=O) groups excluding carboxylic acids is 3. The predicted octanol–water partition coefficient (Wildman–Crippen LogP) is 1.93. The summed E-state index contributed by atoms with van der Waals surface area (Å²) in [7, 11) is 0. The van der Waals surface area contributed by atoms with Crippen molar-refractivity contribution in [3.8, 4) is 0 Å². The maximum absolute atomic E-state index is 12.4. The first-order chi connectivity index (χ1) is 15.1. The average molecular weight is 421 g/mol. The van der Waals surface area contributed by atoms with E-state index >= 15 is 0 Å². The van der Waals surface area contributed by atoms with Crippen molar-refractivity contribution in [2.24, 2.45) is 0 Å². The standard InChI is InChI=1S/C24H28N4O3/c29-22(26-20-12-14-27(17-20)16-18-5-2-1-3-6-18)15-25-24(31)19-8-10-21(11-9-19)28-13-4-7-23(28)30/h1-3,5-6,8-11,20H,4,7,12-17H2,(H,25,31)(H,26,29)/t20-/m0/s1. The van der Waals surface area contributed by atoms with Crippen LogP contribution in [-0.2, 0) is 16.1 Å². The third-order valence-corrected chi connectivity index (χ3v) is 5.81. The fraction of sp³-hybridized carbons (Fsp3) is 0.375. The number of amides is 3. The summed E-state index contributed by atoms with van der Waals surface area (Å²) in [5.74, 6) is -0.367. The van der Waals surface area contributed by atoms with E-state index < -0.39 is 0 Å². The Bertz CT molecular complexity index is 930. The van der Waals surface area contributed by atoms with Crippen LogP contribution in [0.3, 0.4) is 0 Å². The van der Waals surface area contributed by atoms with Gasteiger partial charge >= 0.3 is 0 Å². The van der Waals surface area contributed by atoms with Gasteiger partial charge in [0.15, 0.2) is 0 Å². The van der Waals surface area contributed by atoms with Crippen molar-refractivity contribution in [2.75, 3.05) is 31.1 Å². The van der Waals surface area contributed by atoms with Crippen LogP contribution in [-0.4, -0.2) is 54.8 Å². The first-order valence-corrected chi connectivity index (χ1v) is 10.8. The van der Waals surface area contributed by atoms with Crippen molar-refractivity contribution in [3.63, 3.8) is 0 Å². The van der Waals surface area contributed by atoms with Gasteiger partial charge in [0.05, 0.1) is 6.54 Å². The minimum atomic E-state index is -0.299. The quantitative estimate of drug-likeness (QED) is 0.717. The second kappa shape index (κ2) is 9.75. The topological polar surface area (TPSA) is 81.8 Å². The molecule has 0 aromatic heterocycles. The molecule has 0 saturated carbocycles. The van der Waals surface area contributed by atoms with E-state index in [1.807, 2.05) is 18.2 Å². The molecule has 2 aromatic carbocycles.